The van der Waals surface area contributed by atoms with E-state index >= 15 is 0 Å². The van der Waals surface area contributed by atoms with E-state index in [2.05, 4.69) is 364 Å². The van der Waals surface area contributed by atoms with Gasteiger partial charge >= 0.3 is 63.2 Å². The average molecular weight is 2090 g/mol. The molecule has 6 aliphatic heterocycles. The van der Waals surface area contributed by atoms with Crippen LogP contribution in [0.4, 0.5) is 68.2 Å². The molecule has 11 aromatic carbocycles. The maximum Gasteiger partial charge on any atom is 4.00 e. The summed E-state index contributed by atoms with van der Waals surface area (Å²) in [6.07, 6.45) is 8.23. The first-order valence-corrected chi connectivity index (χ1v) is 38.5. The number of hydrogen-bond donors (Lipinski definition) is 0. The van der Waals surface area contributed by atoms with E-state index in [1.54, 1.807) is 0 Å². The monoisotopic (exact) mass is 2090 g/mol. The van der Waals surface area contributed by atoms with Crippen LogP contribution in [0.5, 0.6) is 34.5 Å². The number of hydrogen-bond acceptors (Lipinski definition) is 15. The molecule has 0 saturated carbocycles. The Labute approximate surface area is 737 Å². The molecular weight excluding hydrogens is 1990 g/mol. The van der Waals surface area contributed by atoms with E-state index in [-0.39, 0.29) is 68.7 Å². The Morgan fingerprint density at radius 1 is 0.282 bits per heavy atom. The van der Waals surface area contributed by atoms with Gasteiger partial charge in [-0.3, -0.25) is 0 Å². The van der Waals surface area contributed by atoms with Gasteiger partial charge in [0.1, 0.15) is 0 Å². The fourth-order valence-electron chi connectivity index (χ4n) is 15.7. The minimum atomic E-state index is -0.267. The molecule has 0 aromatic heterocycles. The predicted octanol–water partition coefficient (Wildman–Crippen LogP) is 23.9. The number of aryl methyl sites for hydroxylation is 9. The van der Waals surface area contributed by atoms with Crippen LogP contribution in [0.1, 0.15) is 97.2 Å². The molecule has 0 bridgehead atoms. The van der Waals surface area contributed by atoms with Crippen LogP contribution in [-0.2, 0) is 68.7 Å². The summed E-state index contributed by atoms with van der Waals surface area (Å²) in [6, 6.07) is 86.8. The molecule has 0 radical (unpaired) electrons. The predicted molar refractivity (Wildman–Crippen MR) is 465 cm³/mol. The summed E-state index contributed by atoms with van der Waals surface area (Å²) in [5.74, 6) is 3.88. The van der Waals surface area contributed by atoms with Crippen molar-refractivity contribution >= 4 is 68.2 Å². The zero-order chi connectivity index (χ0) is 80.0. The zero-order valence-electron chi connectivity index (χ0n) is 69.3. The Balaban J connectivity index is 0.000000160. The van der Waals surface area contributed by atoms with Crippen molar-refractivity contribution in [3.05, 3.63) is 374 Å². The second-order valence-corrected chi connectivity index (χ2v) is 30.5. The molecule has 0 fully saturated rings. The van der Waals surface area contributed by atoms with Gasteiger partial charge < -0.3 is 73.0 Å². The van der Waals surface area contributed by atoms with E-state index in [0.29, 0.717) is 34.5 Å². The smallest absolute Gasteiger partial charge is 0.511 e. The van der Waals surface area contributed by atoms with Crippen LogP contribution in [-0.4, -0.2) is 35.8 Å². The van der Waals surface area contributed by atoms with Gasteiger partial charge in [0.15, 0.2) is 0 Å². The van der Waals surface area contributed by atoms with Gasteiger partial charge in [-0.2, -0.15) is 62.5 Å². The number of benzene rings is 11. The molecule has 15 nitrogen and oxygen atoms in total. The van der Waals surface area contributed by atoms with E-state index in [9.17, 15) is 0 Å². The van der Waals surface area contributed by atoms with Gasteiger partial charge in [-0.25, -0.2) is 0 Å². The fraction of sp³-hybridized carbons (Fsp3) is 0.192. The van der Waals surface area contributed by atoms with Crippen molar-refractivity contribution in [3.8, 4) is 34.5 Å². The van der Waals surface area contributed by atoms with Gasteiger partial charge in [0, 0.05) is 96.9 Å². The minimum Gasteiger partial charge on any atom is -0.511 e. The molecule has 0 aliphatic carbocycles. The van der Waals surface area contributed by atoms with Crippen molar-refractivity contribution in [2.45, 2.75) is 109 Å². The van der Waals surface area contributed by atoms with Gasteiger partial charge in [-0.15, -0.1) is 157 Å². The number of rotatable bonds is 16. The molecule has 117 heavy (non-hydrogen) atoms. The Morgan fingerprint density at radius 3 is 1.08 bits per heavy atom. The van der Waals surface area contributed by atoms with E-state index in [1.165, 1.54) is 84.2 Å². The Bertz CT molecular complexity index is 5530. The summed E-state index contributed by atoms with van der Waals surface area (Å²) in [4.78, 5) is 25.8. The third kappa shape index (κ3) is 18.1. The van der Waals surface area contributed by atoms with E-state index in [1.807, 2.05) is 115 Å². The Morgan fingerprint density at radius 2 is 0.624 bits per heavy atom. The number of allylic oxidation sites excluding steroid dienone is 4. The Hall–Kier alpha value is -10.6. The van der Waals surface area contributed by atoms with Crippen LogP contribution in [0.3, 0.4) is 0 Å². The molecular formula is C99H96N12O3Pt3. The van der Waals surface area contributed by atoms with Gasteiger partial charge in [-0.05, 0) is 213 Å². The third-order valence-electron chi connectivity index (χ3n) is 21.5. The molecule has 6 aliphatic rings. The molecule has 600 valence electrons. The molecule has 0 atom stereocenters. The molecule has 18 heteroatoms. The van der Waals surface area contributed by atoms with Crippen molar-refractivity contribution in [3.63, 3.8) is 0 Å². The number of para-hydroxylation sites is 4. The van der Waals surface area contributed by atoms with Crippen molar-refractivity contribution in [2.75, 3.05) is 65.2 Å². The first kappa shape index (κ1) is 85.8. The molecule has 0 unspecified atom stereocenters. The Kier molecular flexibility index (Phi) is 26.5. The van der Waals surface area contributed by atoms with Crippen LogP contribution in [0, 0.1) is 139 Å². The van der Waals surface area contributed by atoms with Crippen molar-refractivity contribution in [2.24, 2.45) is 0 Å². The maximum absolute atomic E-state index is 6.33. The first-order valence-electron chi connectivity index (χ1n) is 38.5. The summed E-state index contributed by atoms with van der Waals surface area (Å²) in [7, 11) is 6.12. The summed E-state index contributed by atoms with van der Waals surface area (Å²) in [5.41, 5.74) is 29.6. The van der Waals surface area contributed by atoms with Gasteiger partial charge in [0.25, 0.3) is 0 Å². The van der Waals surface area contributed by atoms with Crippen LogP contribution < -0.4 is 58.3 Å². The number of anilines is 12. The number of ether oxygens (including phenoxy) is 3. The topological polar surface area (TPSA) is 66.6 Å². The van der Waals surface area contributed by atoms with E-state index in [0.717, 1.165) is 62.4 Å². The maximum atomic E-state index is 6.33. The van der Waals surface area contributed by atoms with Crippen LogP contribution in [0.2, 0.25) is 0 Å². The molecule has 11 aromatic rings. The zero-order valence-corrected chi connectivity index (χ0v) is 76.1. The minimum absolute atomic E-state index is 0. The van der Waals surface area contributed by atoms with E-state index < -0.39 is 0 Å². The molecule has 0 amide bonds. The SMILES string of the molecule is CC1=C(C)N(c2[c-]c(Oc3[c-]c(N4[CH-]N(c5c(C)cc(C)cc5C)C(C)=C4C)ccc3)ccc2)[CH-]N1C.Cc1cc(C)c(N2C=CN(c3[c-]c(Oc4[c-]c(C(C)(C)N5C=CN(C)[CH-]5)ccc4)ccc3)[CH-]2)c(C)c1.Cc1cc(C)c(N2[CH-]N(c3[c-]c(Oc4[c-]c(N5[CH-]N(C)c6ccccc65)ccc4)ccc3)c3ccccc32)c(C)c1.[Pt+4].[Pt+4].[Pt+4]. The molecule has 0 saturated heterocycles. The fourth-order valence-corrected chi connectivity index (χ4v) is 15.7. The molecule has 0 N–H and O–H groups in total. The standard InChI is InChI=1S/C36H30N4O.C32H34N4O.C31H32N4O.3Pt/c1-25-19-26(2)36(27(3)20-25)40-24-39(34-17-7-8-18-35(34)40)29-12-10-14-31(22-29)41-30-13-9-11-28(21-30)38-23-37(4)32-15-5-6-16-33(32)38;1-21-15-22(2)32(23(3)16-21)36-20-35(26(6)27(36)7)29-12-10-14-31(18-29)37-30-13-9-11-28(17-30)34-19-33(8)24(4)25(34)5;1-23-17-24(2)30(25(3)18-23)34-15-14-33(22-34)27-10-8-12-29(20-27)36-28-11-7-9-26(19-28)31(4,5)35-16-13-32(6)21-35;;;/h5-20,23-24H,1-4H3;9-16,19-20H,1-8H3;7-18,21-22H,1-6H3;;;/q3*-4;3*+4. The molecule has 6 heterocycles. The summed E-state index contributed by atoms with van der Waals surface area (Å²) >= 11 is 0. The van der Waals surface area contributed by atoms with E-state index in [4.69, 9.17) is 14.2 Å². The molecule has 17 rings (SSSR count). The van der Waals surface area contributed by atoms with Crippen LogP contribution >= 0.6 is 0 Å². The summed E-state index contributed by atoms with van der Waals surface area (Å²) in [5, 5.41) is 0. The first-order chi connectivity index (χ1) is 54.8. The van der Waals surface area contributed by atoms with Crippen molar-refractivity contribution < 1.29 is 77.4 Å². The van der Waals surface area contributed by atoms with Crippen molar-refractivity contribution in [1.82, 2.24) is 14.7 Å². The van der Waals surface area contributed by atoms with Crippen LogP contribution in [0.15, 0.2) is 242 Å². The summed E-state index contributed by atoms with van der Waals surface area (Å²) < 4.78 is 18.8. The summed E-state index contributed by atoms with van der Waals surface area (Å²) in [6.45, 7) is 44.9. The van der Waals surface area contributed by atoms with Gasteiger partial charge in [0.2, 0.25) is 0 Å². The second-order valence-electron chi connectivity index (χ2n) is 30.5. The van der Waals surface area contributed by atoms with Crippen LogP contribution in [0.25, 0.3) is 0 Å². The quantitative estimate of drug-likeness (QED) is 0.0862. The molecule has 0 spiro atoms. The number of nitrogens with zero attached hydrogens (tertiary/aromatic N) is 12. The third-order valence-corrected chi connectivity index (χ3v) is 21.5. The number of fused-ring (bicyclic) bond motifs is 2. The van der Waals surface area contributed by atoms with Gasteiger partial charge in [-0.1, -0.05) is 77.4 Å². The average Bonchev–Trinajstić information content (AvgIpc) is 1.64. The van der Waals surface area contributed by atoms with Crippen molar-refractivity contribution in [1.29, 1.82) is 0 Å². The second kappa shape index (κ2) is 36.1. The van der Waals surface area contributed by atoms with Gasteiger partial charge in [0.05, 0.1) is 0 Å². The largest absolute Gasteiger partial charge is 4.00 e. The normalized spacial score (nSPS) is 14.7.